The molecule has 0 radical (unpaired) electrons. The Morgan fingerprint density at radius 1 is 1.10 bits per heavy atom. The van der Waals surface area contributed by atoms with Crippen LogP contribution in [0.1, 0.15) is 59.0 Å². The van der Waals surface area contributed by atoms with Gasteiger partial charge in [-0.1, -0.05) is 0 Å². The van der Waals surface area contributed by atoms with E-state index >= 15 is 0 Å². The summed E-state index contributed by atoms with van der Waals surface area (Å²) in [5, 5.41) is 35.7. The van der Waals surface area contributed by atoms with Crippen LogP contribution in [-0.4, -0.2) is 58.2 Å². The topological polar surface area (TPSA) is 189 Å². The molecular formula is C29H28N2O10. The van der Waals surface area contributed by atoms with E-state index in [2.05, 4.69) is 10.6 Å². The number of aromatic hydroxyl groups is 2. The van der Waals surface area contributed by atoms with Crippen LogP contribution in [0.25, 0.3) is 0 Å². The fourth-order valence-electron chi connectivity index (χ4n) is 4.96. The lowest BCUT2D eigenvalue weighted by molar-refractivity contribution is -0.136. The number of nitrogens with one attached hydrogen (secondary N) is 2. The summed E-state index contributed by atoms with van der Waals surface area (Å²) in [6.45, 7) is 5.44. The number of fused-ring (bicyclic) bond motifs is 3. The average molecular weight is 565 g/mol. The maximum Gasteiger partial charge on any atom is 0.305 e. The number of aliphatic carboxylic acids is 1. The van der Waals surface area contributed by atoms with Crippen LogP contribution in [0.5, 0.6) is 23.0 Å². The molecule has 1 aliphatic heterocycles. The third-order valence-electron chi connectivity index (χ3n) is 7.17. The van der Waals surface area contributed by atoms with Gasteiger partial charge >= 0.3 is 5.97 Å². The van der Waals surface area contributed by atoms with Crippen molar-refractivity contribution >= 4 is 34.9 Å². The van der Waals surface area contributed by atoms with Crippen LogP contribution in [0.4, 0.5) is 5.69 Å². The molecule has 0 unspecified atom stereocenters. The monoisotopic (exact) mass is 564 g/mol. The molecule has 0 bridgehead atoms. The van der Waals surface area contributed by atoms with Crippen molar-refractivity contribution in [3.05, 3.63) is 63.6 Å². The molecule has 0 aromatic heterocycles. The molecular weight excluding hydrogens is 536 g/mol. The minimum atomic E-state index is -1.69. The molecule has 0 spiro atoms. The molecule has 0 saturated carbocycles. The Balaban J connectivity index is 1.77. The second-order valence-corrected chi connectivity index (χ2v) is 9.83. The molecule has 1 atom stereocenters. The fraction of sp³-hybridized carbons (Fsp3) is 0.276. The van der Waals surface area contributed by atoms with E-state index in [0.717, 1.165) is 6.08 Å². The van der Waals surface area contributed by atoms with Crippen molar-refractivity contribution in [2.24, 2.45) is 0 Å². The number of phenols is 2. The molecule has 214 valence electrons. The van der Waals surface area contributed by atoms with Crippen molar-refractivity contribution in [3.63, 3.8) is 0 Å². The summed E-state index contributed by atoms with van der Waals surface area (Å²) >= 11 is 0. The first kappa shape index (κ1) is 28.9. The van der Waals surface area contributed by atoms with E-state index in [1.807, 2.05) is 0 Å². The van der Waals surface area contributed by atoms with E-state index in [1.54, 1.807) is 0 Å². The largest absolute Gasteiger partial charge is 0.507 e. The number of carbonyl (C=O) groups is 5. The molecule has 4 rings (SSSR count). The summed E-state index contributed by atoms with van der Waals surface area (Å²) in [5.41, 5.74) is -1.70. The Morgan fingerprint density at radius 2 is 1.78 bits per heavy atom. The van der Waals surface area contributed by atoms with Crippen molar-refractivity contribution in [3.8, 4) is 23.0 Å². The number of benzene rings is 2. The smallest absolute Gasteiger partial charge is 0.305 e. The van der Waals surface area contributed by atoms with Gasteiger partial charge in [0.25, 0.3) is 5.91 Å². The third kappa shape index (κ3) is 4.66. The normalized spacial score (nSPS) is 18.5. The molecule has 0 saturated heterocycles. The molecule has 12 nitrogen and oxygen atoms in total. The summed E-state index contributed by atoms with van der Waals surface area (Å²) in [7, 11) is 1.39. The lowest BCUT2D eigenvalue weighted by atomic mass is 9.70. The Bertz CT molecular complexity index is 1620. The summed E-state index contributed by atoms with van der Waals surface area (Å²) in [5.74, 6) is -4.51. The van der Waals surface area contributed by atoms with Gasteiger partial charge in [0.15, 0.2) is 17.3 Å². The SMILES string of the molecule is COc1ccc(C(=O)NCCC(=O)O)cc1NC(C)=C1C(=O)C=C2Oc3c(C(C)=O)c(O)c(C)c(O)c3[C@@]2(C)C1=O. The molecule has 2 aromatic carbocycles. The van der Waals surface area contributed by atoms with Crippen molar-refractivity contribution in [1.82, 2.24) is 5.32 Å². The van der Waals surface area contributed by atoms with Gasteiger partial charge in [0.2, 0.25) is 0 Å². The van der Waals surface area contributed by atoms with Crippen molar-refractivity contribution in [2.75, 3.05) is 19.0 Å². The Kier molecular flexibility index (Phi) is 7.36. The van der Waals surface area contributed by atoms with Gasteiger partial charge < -0.3 is 35.4 Å². The molecule has 2 aromatic rings. The maximum absolute atomic E-state index is 14.0. The molecule has 1 aliphatic carbocycles. The standard InChI is InChI=1S/C29H28N2O10/c1-12-24(36)22(14(3)32)26-23(25(12)37)29(4)19(41-26)11-17(33)21(27(29)38)13(2)31-16-10-15(6-7-18(16)40-5)28(39)30-9-8-20(34)35/h6-7,10-11,31,36-37H,8-9H2,1-5H3,(H,30,39)(H,34,35)/t29-/m0/s1. The van der Waals surface area contributed by atoms with E-state index in [1.165, 1.54) is 53.0 Å². The summed E-state index contributed by atoms with van der Waals surface area (Å²) in [4.78, 5) is 62.9. The number of allylic oxidation sites excluding steroid dienone is 4. The molecule has 41 heavy (non-hydrogen) atoms. The number of ether oxygens (including phenoxy) is 2. The number of amides is 1. The van der Waals surface area contributed by atoms with Crippen LogP contribution >= 0.6 is 0 Å². The van der Waals surface area contributed by atoms with Gasteiger partial charge in [-0.25, -0.2) is 0 Å². The Labute approximate surface area is 234 Å². The van der Waals surface area contributed by atoms with Crippen LogP contribution in [0.15, 0.2) is 41.3 Å². The highest BCUT2D eigenvalue weighted by Crippen LogP contribution is 2.57. The van der Waals surface area contributed by atoms with E-state index in [-0.39, 0.29) is 69.4 Å². The lowest BCUT2D eigenvalue weighted by Crippen LogP contribution is -2.40. The van der Waals surface area contributed by atoms with E-state index in [4.69, 9.17) is 14.6 Å². The summed E-state index contributed by atoms with van der Waals surface area (Å²) < 4.78 is 11.1. The number of Topliss-reactive ketones (excluding diaryl/α,β-unsaturated/α-hetero) is 2. The third-order valence-corrected chi connectivity index (χ3v) is 7.17. The van der Waals surface area contributed by atoms with Gasteiger partial charge in [-0.15, -0.1) is 0 Å². The summed E-state index contributed by atoms with van der Waals surface area (Å²) in [6.07, 6.45) is 0.841. The van der Waals surface area contributed by atoms with Crippen molar-refractivity contribution in [2.45, 2.75) is 39.5 Å². The van der Waals surface area contributed by atoms with Gasteiger partial charge in [0.1, 0.15) is 39.7 Å². The first-order valence-corrected chi connectivity index (χ1v) is 12.5. The van der Waals surface area contributed by atoms with Gasteiger partial charge in [-0.05, 0) is 45.9 Å². The number of ketones is 3. The average Bonchev–Trinajstić information content (AvgIpc) is 3.19. The number of methoxy groups -OCH3 is 1. The van der Waals surface area contributed by atoms with Crippen molar-refractivity contribution < 1.29 is 48.8 Å². The van der Waals surface area contributed by atoms with E-state index in [9.17, 15) is 34.2 Å². The molecule has 1 heterocycles. The van der Waals surface area contributed by atoms with E-state index in [0.29, 0.717) is 0 Å². The highest BCUT2D eigenvalue weighted by atomic mass is 16.5. The number of hydrogen-bond donors (Lipinski definition) is 5. The minimum absolute atomic E-state index is 0.0201. The number of carboxylic acid groups (broad SMARTS) is 1. The van der Waals surface area contributed by atoms with Gasteiger partial charge in [0, 0.05) is 29.4 Å². The first-order valence-electron chi connectivity index (χ1n) is 12.5. The predicted octanol–water partition coefficient (Wildman–Crippen LogP) is 2.89. The summed E-state index contributed by atoms with van der Waals surface area (Å²) in [6, 6.07) is 4.38. The quantitative estimate of drug-likeness (QED) is 0.180. The minimum Gasteiger partial charge on any atom is -0.507 e. The van der Waals surface area contributed by atoms with Crippen LogP contribution < -0.4 is 20.1 Å². The number of rotatable bonds is 8. The van der Waals surface area contributed by atoms with Crippen LogP contribution in [0, 0.1) is 6.92 Å². The zero-order valence-corrected chi connectivity index (χ0v) is 22.9. The van der Waals surface area contributed by atoms with Gasteiger partial charge in [-0.3, -0.25) is 24.0 Å². The highest BCUT2D eigenvalue weighted by Gasteiger charge is 2.56. The molecule has 0 fully saturated rings. The highest BCUT2D eigenvalue weighted by molar-refractivity contribution is 6.31. The molecule has 1 amide bonds. The molecule has 2 aliphatic rings. The number of carbonyl (C=O) groups excluding carboxylic acids is 4. The molecule has 12 heteroatoms. The Morgan fingerprint density at radius 3 is 2.39 bits per heavy atom. The number of anilines is 1. The maximum atomic E-state index is 14.0. The molecule has 5 N–H and O–H groups in total. The number of hydrogen-bond acceptors (Lipinski definition) is 10. The predicted molar refractivity (Wildman–Crippen MR) is 144 cm³/mol. The Hall–Kier alpha value is -5.13. The van der Waals surface area contributed by atoms with Gasteiger partial charge in [-0.2, -0.15) is 0 Å². The fourth-order valence-corrected chi connectivity index (χ4v) is 4.96. The first-order chi connectivity index (χ1) is 19.2. The van der Waals surface area contributed by atoms with Crippen LogP contribution in [-0.2, 0) is 19.8 Å². The number of carboxylic acids is 1. The number of phenolic OH excluding ortho intramolecular Hbond substituents is 2. The zero-order chi connectivity index (χ0) is 30.4. The van der Waals surface area contributed by atoms with Crippen molar-refractivity contribution in [1.29, 1.82) is 0 Å². The second kappa shape index (κ2) is 10.5. The zero-order valence-electron chi connectivity index (χ0n) is 22.9. The van der Waals surface area contributed by atoms with Crippen LogP contribution in [0.2, 0.25) is 0 Å². The van der Waals surface area contributed by atoms with Gasteiger partial charge in [0.05, 0.1) is 30.4 Å². The second-order valence-electron chi connectivity index (χ2n) is 9.83. The van der Waals surface area contributed by atoms with E-state index < -0.39 is 46.1 Å². The van der Waals surface area contributed by atoms with Crippen LogP contribution in [0.3, 0.4) is 0 Å². The lowest BCUT2D eigenvalue weighted by Gasteiger charge is -2.29.